The molecule has 2 aromatic rings. The first-order valence-electron chi connectivity index (χ1n) is 7.90. The number of carboxylic acids is 1. The van der Waals surface area contributed by atoms with Crippen LogP contribution < -0.4 is 5.73 Å². The van der Waals surface area contributed by atoms with Crippen LogP contribution in [0.15, 0.2) is 36.4 Å². The molecule has 2 bridgehead atoms. The van der Waals surface area contributed by atoms with Gasteiger partial charge in [0.1, 0.15) is 12.6 Å². The van der Waals surface area contributed by atoms with Crippen molar-refractivity contribution in [3.8, 4) is 0 Å². The molecule has 1 aromatic heterocycles. The maximum atomic E-state index is 12.7. The van der Waals surface area contributed by atoms with Crippen molar-refractivity contribution >= 4 is 29.2 Å². The van der Waals surface area contributed by atoms with Crippen LogP contribution >= 0.6 is 11.3 Å². The number of carboxylic acid groups (broad SMARTS) is 1. The van der Waals surface area contributed by atoms with Crippen molar-refractivity contribution in [2.45, 2.75) is 18.7 Å². The van der Waals surface area contributed by atoms with Gasteiger partial charge in [-0.05, 0) is 17.2 Å². The summed E-state index contributed by atoms with van der Waals surface area (Å²) in [6.45, 7) is 0.364. The first kappa shape index (κ1) is 16.6. The van der Waals surface area contributed by atoms with Crippen LogP contribution in [0, 0.1) is 0 Å². The van der Waals surface area contributed by atoms with E-state index in [-0.39, 0.29) is 18.0 Å². The molecule has 1 saturated heterocycles. The van der Waals surface area contributed by atoms with E-state index in [1.807, 2.05) is 30.3 Å². The molecule has 1 aromatic carbocycles. The Bertz CT molecular complexity index is 897. The second kappa shape index (κ2) is 6.11. The monoisotopic (exact) mass is 373 g/mol. The summed E-state index contributed by atoms with van der Waals surface area (Å²) in [6.07, 6.45) is 0. The minimum absolute atomic E-state index is 0.177. The number of aliphatic carboxylic acids is 1. The van der Waals surface area contributed by atoms with E-state index in [9.17, 15) is 19.5 Å². The van der Waals surface area contributed by atoms with E-state index >= 15 is 0 Å². The molecule has 0 radical (unpaired) electrons. The molecule has 8 nitrogen and oxygen atoms in total. The number of amides is 3. The number of primary amides is 1. The van der Waals surface area contributed by atoms with Crippen molar-refractivity contribution in [3.63, 3.8) is 0 Å². The normalized spacial score (nSPS) is 21.0. The van der Waals surface area contributed by atoms with Gasteiger partial charge in [-0.25, -0.2) is 9.59 Å². The Labute approximate surface area is 152 Å². The van der Waals surface area contributed by atoms with E-state index in [0.717, 1.165) is 16.9 Å². The van der Waals surface area contributed by atoms with Crippen molar-refractivity contribution in [1.29, 1.82) is 0 Å². The van der Waals surface area contributed by atoms with Crippen LogP contribution in [0.3, 0.4) is 0 Å². The number of rotatable bonds is 5. The highest BCUT2D eigenvalue weighted by Crippen LogP contribution is 2.47. The number of urea groups is 1. The smallest absolute Gasteiger partial charge is 0.345 e. The maximum Gasteiger partial charge on any atom is 0.345 e. The van der Waals surface area contributed by atoms with Gasteiger partial charge in [-0.1, -0.05) is 30.3 Å². The van der Waals surface area contributed by atoms with E-state index in [4.69, 9.17) is 10.6 Å². The Kier molecular flexibility index (Phi) is 3.89. The minimum atomic E-state index is -1.15. The Morgan fingerprint density at radius 1 is 1.31 bits per heavy atom. The Morgan fingerprint density at radius 3 is 2.69 bits per heavy atom. The van der Waals surface area contributed by atoms with Crippen LogP contribution in [0.1, 0.15) is 37.8 Å². The maximum absolute atomic E-state index is 12.7. The summed E-state index contributed by atoms with van der Waals surface area (Å²) in [7, 11) is 0. The molecule has 2 aliphatic rings. The standard InChI is InChI=1S/C17H15N3O5S/c18-15(21)12-6-10-11-7-19(13(16(22)23)14(10)26-12)17(24)20(11)25-8-9-4-2-1-3-5-9/h1-6,11,13H,7-8H2,(H2,18,21)(H,22,23). The number of fused-ring (bicyclic) bond motifs is 4. The summed E-state index contributed by atoms with van der Waals surface area (Å²) in [5, 5.41) is 10.8. The molecule has 3 amide bonds. The lowest BCUT2D eigenvalue weighted by Crippen LogP contribution is -2.37. The van der Waals surface area contributed by atoms with Gasteiger partial charge in [0.15, 0.2) is 6.04 Å². The number of carbonyl (C=O) groups is 3. The predicted octanol–water partition coefficient (Wildman–Crippen LogP) is 1.90. The number of carbonyl (C=O) groups excluding carboxylic acids is 2. The molecule has 4 rings (SSSR count). The number of hydrogen-bond acceptors (Lipinski definition) is 5. The lowest BCUT2D eigenvalue weighted by molar-refractivity contribution is -0.143. The molecular weight excluding hydrogens is 358 g/mol. The fourth-order valence-corrected chi connectivity index (χ4v) is 4.48. The van der Waals surface area contributed by atoms with Gasteiger partial charge in [-0.2, -0.15) is 5.06 Å². The van der Waals surface area contributed by atoms with Gasteiger partial charge in [-0.3, -0.25) is 9.63 Å². The molecule has 2 unspecified atom stereocenters. The third kappa shape index (κ3) is 2.52. The molecule has 134 valence electrons. The van der Waals surface area contributed by atoms with Crippen molar-refractivity contribution in [1.82, 2.24) is 9.96 Å². The van der Waals surface area contributed by atoms with Gasteiger partial charge in [-0.15, -0.1) is 11.3 Å². The number of hydroxylamine groups is 2. The molecule has 26 heavy (non-hydrogen) atoms. The molecule has 2 aliphatic heterocycles. The number of nitrogens with zero attached hydrogens (tertiary/aromatic N) is 2. The van der Waals surface area contributed by atoms with E-state index in [1.165, 1.54) is 9.96 Å². The average molecular weight is 373 g/mol. The van der Waals surface area contributed by atoms with Crippen LogP contribution in [0.4, 0.5) is 4.79 Å². The Hall–Kier alpha value is -2.91. The van der Waals surface area contributed by atoms with Crippen LogP contribution in [0.2, 0.25) is 0 Å². The minimum Gasteiger partial charge on any atom is -0.479 e. The van der Waals surface area contributed by atoms with Crippen LogP contribution in [-0.4, -0.2) is 39.5 Å². The first-order valence-corrected chi connectivity index (χ1v) is 8.72. The highest BCUT2D eigenvalue weighted by atomic mass is 32.1. The van der Waals surface area contributed by atoms with Gasteiger partial charge in [0.25, 0.3) is 5.91 Å². The molecule has 3 heterocycles. The highest BCUT2D eigenvalue weighted by molar-refractivity contribution is 7.14. The van der Waals surface area contributed by atoms with Crippen LogP contribution in [-0.2, 0) is 16.2 Å². The SMILES string of the molecule is NC(=O)c1cc2c(s1)C(C(=O)O)N1CC2N(OCc2ccccc2)C1=O. The topological polar surface area (TPSA) is 113 Å². The number of benzene rings is 1. The van der Waals surface area contributed by atoms with Crippen molar-refractivity contribution in [2.24, 2.45) is 5.73 Å². The second-order valence-corrected chi connectivity index (χ2v) is 7.15. The Balaban J connectivity index is 1.68. The molecule has 2 atom stereocenters. The summed E-state index contributed by atoms with van der Waals surface area (Å²) >= 11 is 1.01. The zero-order valence-corrected chi connectivity index (χ0v) is 14.3. The van der Waals surface area contributed by atoms with Gasteiger partial charge in [0.05, 0.1) is 11.4 Å². The first-order chi connectivity index (χ1) is 12.5. The fraction of sp³-hybridized carbons (Fsp3) is 0.235. The van der Waals surface area contributed by atoms with Gasteiger partial charge < -0.3 is 15.7 Å². The van der Waals surface area contributed by atoms with E-state index < -0.39 is 30.0 Å². The number of hydrogen-bond donors (Lipinski definition) is 2. The highest BCUT2D eigenvalue weighted by Gasteiger charge is 2.52. The fourth-order valence-electron chi connectivity index (χ4n) is 3.30. The molecule has 0 spiro atoms. The van der Waals surface area contributed by atoms with E-state index in [1.54, 1.807) is 6.07 Å². The second-order valence-electron chi connectivity index (χ2n) is 6.07. The lowest BCUT2D eigenvalue weighted by atomic mass is 9.99. The third-order valence-corrected chi connectivity index (χ3v) is 5.70. The average Bonchev–Trinajstić information content (AvgIpc) is 3.17. The lowest BCUT2D eigenvalue weighted by Gasteiger charge is -2.27. The quantitative estimate of drug-likeness (QED) is 0.831. The largest absolute Gasteiger partial charge is 0.479 e. The molecular formula is C17H15N3O5S. The molecule has 9 heteroatoms. The van der Waals surface area contributed by atoms with Crippen molar-refractivity contribution in [2.75, 3.05) is 6.54 Å². The summed E-state index contributed by atoms with van der Waals surface area (Å²) in [4.78, 5) is 43.6. The molecule has 0 aliphatic carbocycles. The zero-order chi connectivity index (χ0) is 18.4. The molecule has 1 fully saturated rings. The molecule has 0 saturated carbocycles. The number of nitrogens with two attached hydrogens (primary N) is 1. The summed E-state index contributed by atoms with van der Waals surface area (Å²) in [5.41, 5.74) is 6.83. The zero-order valence-electron chi connectivity index (χ0n) is 13.5. The predicted molar refractivity (Wildman–Crippen MR) is 91.1 cm³/mol. The summed E-state index contributed by atoms with van der Waals surface area (Å²) in [6, 6.07) is 8.80. The van der Waals surface area contributed by atoms with Crippen LogP contribution in [0.5, 0.6) is 0 Å². The summed E-state index contributed by atoms with van der Waals surface area (Å²) in [5.74, 6) is -1.77. The Morgan fingerprint density at radius 2 is 2.04 bits per heavy atom. The van der Waals surface area contributed by atoms with Gasteiger partial charge in [0.2, 0.25) is 0 Å². The van der Waals surface area contributed by atoms with Gasteiger partial charge >= 0.3 is 12.0 Å². The van der Waals surface area contributed by atoms with E-state index in [2.05, 4.69) is 0 Å². The van der Waals surface area contributed by atoms with Gasteiger partial charge in [0, 0.05) is 4.88 Å². The third-order valence-electron chi connectivity index (χ3n) is 4.49. The van der Waals surface area contributed by atoms with Crippen molar-refractivity contribution in [3.05, 3.63) is 57.3 Å². The molecule has 3 N–H and O–H groups in total. The number of thiophene rings is 1. The van der Waals surface area contributed by atoms with E-state index in [0.29, 0.717) is 10.4 Å². The summed E-state index contributed by atoms with van der Waals surface area (Å²) < 4.78 is 0. The van der Waals surface area contributed by atoms with Crippen molar-refractivity contribution < 1.29 is 24.3 Å². The van der Waals surface area contributed by atoms with Crippen LogP contribution in [0.25, 0.3) is 0 Å².